The van der Waals surface area contributed by atoms with Crippen LogP contribution in [0.25, 0.3) is 33.4 Å². The monoisotopic (exact) mass is 470 g/mol. The number of nitrogens with zero attached hydrogens (tertiary/aromatic N) is 2. The quantitative estimate of drug-likeness (QED) is 0.329. The van der Waals surface area contributed by atoms with E-state index in [1.54, 1.807) is 0 Å². The Labute approximate surface area is 195 Å². The first-order valence-electron chi connectivity index (χ1n) is 10.4. The fourth-order valence-corrected chi connectivity index (χ4v) is 3.57. The molecule has 5 nitrogen and oxygen atoms in total. The van der Waals surface area contributed by atoms with Crippen LogP contribution in [0.5, 0.6) is 0 Å². The van der Waals surface area contributed by atoms with Crippen LogP contribution in [0.3, 0.4) is 0 Å². The second kappa shape index (κ2) is 9.59. The van der Waals surface area contributed by atoms with Crippen molar-refractivity contribution >= 4 is 22.6 Å². The smallest absolute Gasteiger partial charge is 0.430 e. The minimum atomic E-state index is -5.19. The van der Waals surface area contributed by atoms with E-state index in [1.807, 2.05) is 0 Å². The van der Waals surface area contributed by atoms with E-state index < -0.39 is 12.1 Å². The summed E-state index contributed by atoms with van der Waals surface area (Å²) in [5.41, 5.74) is 6.92. The molecule has 8 heteroatoms. The molecule has 0 radical (unpaired) electrons. The van der Waals surface area contributed by atoms with Crippen LogP contribution in [0, 0.1) is 6.92 Å². The zero-order valence-corrected chi connectivity index (χ0v) is 19.5. The summed E-state index contributed by atoms with van der Waals surface area (Å²) in [6, 6.07) is 21.5. The highest BCUT2D eigenvalue weighted by atomic mass is 19.4. The molecule has 1 heterocycles. The summed E-state index contributed by atoms with van der Waals surface area (Å²) >= 11 is 0. The Bertz CT molecular complexity index is 1380. The number of aryl methyl sites for hydroxylation is 1. The van der Waals surface area contributed by atoms with E-state index in [9.17, 15) is 13.2 Å². The van der Waals surface area contributed by atoms with Crippen molar-refractivity contribution in [2.75, 3.05) is 33.1 Å². The van der Waals surface area contributed by atoms with Gasteiger partial charge in [-0.25, -0.2) is 4.58 Å². The van der Waals surface area contributed by atoms with Gasteiger partial charge in [-0.2, -0.15) is 13.2 Å². The van der Waals surface area contributed by atoms with Crippen LogP contribution in [-0.2, 0) is 4.79 Å². The molecular formula is C26H25F3N2O3. The first-order chi connectivity index (χ1) is 15.9. The van der Waals surface area contributed by atoms with Gasteiger partial charge in [0, 0.05) is 48.4 Å². The van der Waals surface area contributed by atoms with Crippen molar-refractivity contribution in [2.45, 2.75) is 13.1 Å². The molecule has 0 saturated carbocycles. The van der Waals surface area contributed by atoms with Crippen molar-refractivity contribution in [2.24, 2.45) is 0 Å². The van der Waals surface area contributed by atoms with Gasteiger partial charge in [0.1, 0.15) is 31.4 Å². The number of aliphatic carboxylic acids is 1. The van der Waals surface area contributed by atoms with Gasteiger partial charge in [-0.15, -0.1) is 0 Å². The number of fused-ring (bicyclic) bond motifs is 2. The molecule has 2 aromatic rings. The van der Waals surface area contributed by atoms with E-state index >= 15 is 0 Å². The van der Waals surface area contributed by atoms with Crippen LogP contribution in [0.1, 0.15) is 5.56 Å². The van der Waals surface area contributed by atoms with Crippen LogP contribution in [-0.4, -0.2) is 40.3 Å². The lowest BCUT2D eigenvalue weighted by atomic mass is 9.91. The molecule has 0 unspecified atom stereocenters. The second-order valence-corrected chi connectivity index (χ2v) is 8.23. The molecular weight excluding hydrogens is 445 g/mol. The predicted octanol–water partition coefficient (Wildman–Crippen LogP) is 3.91. The minimum Gasteiger partial charge on any atom is -0.542 e. The van der Waals surface area contributed by atoms with Crippen molar-refractivity contribution in [3.05, 3.63) is 71.6 Å². The summed E-state index contributed by atoms with van der Waals surface area (Å²) in [5, 5.41) is 11.1. The molecule has 1 aliphatic heterocycles. The van der Waals surface area contributed by atoms with Crippen molar-refractivity contribution in [3.63, 3.8) is 0 Å². The maximum Gasteiger partial charge on any atom is 0.430 e. The first kappa shape index (κ1) is 24.8. The largest absolute Gasteiger partial charge is 0.542 e. The molecule has 1 aliphatic carbocycles. The Morgan fingerprint density at radius 3 is 2.18 bits per heavy atom. The molecule has 0 N–H and O–H groups in total. The van der Waals surface area contributed by atoms with Crippen molar-refractivity contribution in [3.8, 4) is 22.5 Å². The van der Waals surface area contributed by atoms with E-state index in [0.717, 1.165) is 33.3 Å². The molecule has 0 atom stereocenters. The number of benzene rings is 3. The standard InChI is InChI=1S/C24H25N2O.C2HF3O2/c1-16-8-6-7-9-19(16)24-20-12-10-17(25(2)3)14-22(20)27-23-15-18(26(4)5)11-13-21(23)24;3-2(4,5)1(6)7/h6-15H,1-5H3;(H,6,7)/q+1;/p-1. The molecule has 34 heavy (non-hydrogen) atoms. The van der Waals surface area contributed by atoms with Crippen LogP contribution in [0.2, 0.25) is 0 Å². The number of carboxylic acid groups (broad SMARTS) is 1. The maximum atomic E-state index is 10.5. The highest BCUT2D eigenvalue weighted by Gasteiger charge is 2.28. The average Bonchev–Trinajstić information content (AvgIpc) is 2.77. The van der Waals surface area contributed by atoms with Gasteiger partial charge in [0.25, 0.3) is 0 Å². The van der Waals surface area contributed by atoms with E-state index in [2.05, 4.69) is 105 Å². The number of rotatable bonds is 2. The van der Waals surface area contributed by atoms with Crippen LogP contribution < -0.4 is 19.9 Å². The predicted molar refractivity (Wildman–Crippen MR) is 126 cm³/mol. The molecule has 0 saturated heterocycles. The number of anilines is 1. The van der Waals surface area contributed by atoms with E-state index in [4.69, 9.17) is 14.3 Å². The Hall–Kier alpha value is -3.81. The van der Waals surface area contributed by atoms with Crippen molar-refractivity contribution < 1.29 is 27.5 Å². The number of hydrogen-bond donors (Lipinski definition) is 0. The molecule has 4 rings (SSSR count). The number of carbonyl (C=O) groups excluding carboxylic acids is 1. The lowest BCUT2D eigenvalue weighted by Gasteiger charge is -2.18. The fraction of sp³-hybridized carbons (Fsp3) is 0.231. The lowest BCUT2D eigenvalue weighted by Crippen LogP contribution is -2.37. The average molecular weight is 470 g/mol. The normalized spacial score (nSPS) is 11.2. The Morgan fingerprint density at radius 1 is 0.971 bits per heavy atom. The second-order valence-electron chi connectivity index (χ2n) is 8.23. The molecule has 2 aromatic carbocycles. The van der Waals surface area contributed by atoms with E-state index in [0.29, 0.717) is 0 Å². The van der Waals surface area contributed by atoms with Gasteiger partial charge in [-0.05, 0) is 36.2 Å². The third kappa shape index (κ3) is 5.22. The third-order valence-corrected chi connectivity index (χ3v) is 5.37. The number of alkyl halides is 3. The number of halogens is 3. The van der Waals surface area contributed by atoms with Crippen LogP contribution in [0.4, 0.5) is 18.9 Å². The zero-order chi connectivity index (χ0) is 25.2. The Kier molecular flexibility index (Phi) is 7.00. The topological polar surface area (TPSA) is 59.5 Å². The van der Waals surface area contributed by atoms with E-state index in [-0.39, 0.29) is 0 Å². The summed E-state index contributed by atoms with van der Waals surface area (Å²) in [5.74, 6) is -2.10. The lowest BCUT2D eigenvalue weighted by molar-refractivity contribution is -0.344. The maximum absolute atomic E-state index is 10.5. The summed E-state index contributed by atoms with van der Waals surface area (Å²) < 4.78 is 40.0. The highest BCUT2D eigenvalue weighted by molar-refractivity contribution is 6.03. The summed E-state index contributed by atoms with van der Waals surface area (Å²) in [7, 11) is 8.20. The fourth-order valence-electron chi connectivity index (χ4n) is 3.57. The van der Waals surface area contributed by atoms with E-state index in [1.165, 1.54) is 16.7 Å². The minimum absolute atomic E-state index is 0.905. The van der Waals surface area contributed by atoms with Crippen molar-refractivity contribution in [1.29, 1.82) is 0 Å². The van der Waals surface area contributed by atoms with Crippen LogP contribution >= 0.6 is 0 Å². The Balaban J connectivity index is 0.000000406. The molecule has 178 valence electrons. The molecule has 0 aromatic heterocycles. The van der Waals surface area contributed by atoms with Crippen molar-refractivity contribution in [1.82, 2.24) is 4.58 Å². The van der Waals surface area contributed by atoms with Gasteiger partial charge in [0.05, 0.1) is 6.07 Å². The highest BCUT2D eigenvalue weighted by Crippen LogP contribution is 2.41. The SMILES string of the molecule is Cc1ccccc1-c1c2ccc(=[N+](C)C)cc-2oc2cc(N(C)C)ccc12.O=C([O-])C(F)(F)F. The summed E-state index contributed by atoms with van der Waals surface area (Å²) in [4.78, 5) is 10.9. The van der Waals surface area contributed by atoms with Gasteiger partial charge in [0.15, 0.2) is 0 Å². The van der Waals surface area contributed by atoms with Gasteiger partial charge in [0.2, 0.25) is 5.36 Å². The zero-order valence-electron chi connectivity index (χ0n) is 19.5. The molecule has 0 bridgehead atoms. The first-order valence-corrected chi connectivity index (χ1v) is 10.4. The summed E-state index contributed by atoms with van der Waals surface area (Å²) in [6.45, 7) is 2.17. The number of carbonyl (C=O) groups is 1. The molecule has 0 fully saturated rings. The number of carboxylic acids is 1. The molecule has 2 aliphatic rings. The van der Waals surface area contributed by atoms with Gasteiger partial charge < -0.3 is 19.2 Å². The van der Waals surface area contributed by atoms with Crippen LogP contribution in [0.15, 0.2) is 65.1 Å². The van der Waals surface area contributed by atoms with Gasteiger partial charge >= 0.3 is 6.18 Å². The molecule has 0 spiro atoms. The Morgan fingerprint density at radius 2 is 1.62 bits per heavy atom. The third-order valence-electron chi connectivity index (χ3n) is 5.37. The number of hydrogen-bond acceptors (Lipinski definition) is 4. The van der Waals surface area contributed by atoms with Gasteiger partial charge in [-0.3, -0.25) is 0 Å². The van der Waals surface area contributed by atoms with Gasteiger partial charge in [-0.1, -0.05) is 24.3 Å². The summed E-state index contributed by atoms with van der Waals surface area (Å²) in [6.07, 6.45) is -5.19. The molecule has 0 amide bonds.